The van der Waals surface area contributed by atoms with Crippen LogP contribution in [0.25, 0.3) is 0 Å². The molecule has 22 heavy (non-hydrogen) atoms. The van der Waals surface area contributed by atoms with Gasteiger partial charge in [0.15, 0.2) is 0 Å². The number of nitrogens with one attached hydrogen (secondary N) is 2. The quantitative estimate of drug-likeness (QED) is 0.819. The molecule has 2 fully saturated rings. The molecule has 5 heteroatoms. The lowest BCUT2D eigenvalue weighted by Gasteiger charge is -2.36. The number of alkyl carbamates (subject to hydrolysis) is 1. The number of carbonyl (C=O) groups is 1. The number of carbonyl (C=O) groups excluding carboxylic acids is 1. The van der Waals surface area contributed by atoms with Crippen molar-refractivity contribution in [2.45, 2.75) is 83.6 Å². The number of ether oxygens (including phenoxy) is 2. The van der Waals surface area contributed by atoms with E-state index in [-0.39, 0.29) is 17.7 Å². The van der Waals surface area contributed by atoms with Gasteiger partial charge in [-0.1, -0.05) is 0 Å². The molecule has 0 aromatic rings. The summed E-state index contributed by atoms with van der Waals surface area (Å²) >= 11 is 0. The zero-order valence-electron chi connectivity index (χ0n) is 14.7. The molecule has 1 aliphatic carbocycles. The number of hydrogen-bond donors (Lipinski definition) is 2. The van der Waals surface area contributed by atoms with Crippen molar-refractivity contribution in [2.24, 2.45) is 5.92 Å². The molecule has 5 nitrogen and oxygen atoms in total. The maximum Gasteiger partial charge on any atom is 0.407 e. The molecule has 1 aliphatic heterocycles. The van der Waals surface area contributed by atoms with Crippen LogP contribution >= 0.6 is 0 Å². The van der Waals surface area contributed by atoms with Crippen LogP contribution in [0.2, 0.25) is 0 Å². The van der Waals surface area contributed by atoms with Crippen LogP contribution in [0.15, 0.2) is 0 Å². The van der Waals surface area contributed by atoms with Crippen LogP contribution in [0.4, 0.5) is 4.79 Å². The molecule has 2 rings (SSSR count). The van der Waals surface area contributed by atoms with E-state index in [1.807, 2.05) is 20.8 Å². The largest absolute Gasteiger partial charge is 0.444 e. The summed E-state index contributed by atoms with van der Waals surface area (Å²) in [6, 6.07) is 0.631. The predicted octanol–water partition coefficient (Wildman–Crippen LogP) is 2.84. The molecule has 0 aromatic heterocycles. The van der Waals surface area contributed by atoms with E-state index >= 15 is 0 Å². The lowest BCUT2D eigenvalue weighted by molar-refractivity contribution is -0.0631. The molecule has 2 atom stereocenters. The maximum atomic E-state index is 12.0. The van der Waals surface area contributed by atoms with Gasteiger partial charge in [0, 0.05) is 25.2 Å². The van der Waals surface area contributed by atoms with Crippen LogP contribution < -0.4 is 10.6 Å². The minimum absolute atomic E-state index is 0.0520. The van der Waals surface area contributed by atoms with Gasteiger partial charge in [-0.2, -0.15) is 0 Å². The highest BCUT2D eigenvalue weighted by molar-refractivity contribution is 5.68. The molecule has 2 unspecified atom stereocenters. The molecule has 1 saturated heterocycles. The summed E-state index contributed by atoms with van der Waals surface area (Å²) in [6.07, 6.45) is 4.13. The van der Waals surface area contributed by atoms with E-state index in [4.69, 9.17) is 9.47 Å². The van der Waals surface area contributed by atoms with E-state index in [0.29, 0.717) is 12.0 Å². The molecule has 0 aromatic carbocycles. The second-order valence-corrected chi connectivity index (χ2v) is 8.30. The summed E-state index contributed by atoms with van der Waals surface area (Å²) in [4.78, 5) is 12.0. The van der Waals surface area contributed by atoms with Gasteiger partial charge in [-0.05, 0) is 66.2 Å². The third-order valence-corrected chi connectivity index (χ3v) is 4.22. The first-order valence-corrected chi connectivity index (χ1v) is 8.51. The molecule has 2 N–H and O–H groups in total. The fourth-order valence-electron chi connectivity index (χ4n) is 2.99. The summed E-state index contributed by atoms with van der Waals surface area (Å²) in [7, 11) is 0. The molecule has 1 saturated carbocycles. The van der Waals surface area contributed by atoms with E-state index in [1.54, 1.807) is 0 Å². The lowest BCUT2D eigenvalue weighted by Crippen LogP contribution is -2.50. The summed E-state index contributed by atoms with van der Waals surface area (Å²) in [6.45, 7) is 11.6. The van der Waals surface area contributed by atoms with Crippen molar-refractivity contribution in [1.82, 2.24) is 10.6 Å². The Bertz CT molecular complexity index is 386. The van der Waals surface area contributed by atoms with Crippen molar-refractivity contribution in [2.75, 3.05) is 13.2 Å². The van der Waals surface area contributed by atoms with E-state index in [2.05, 4.69) is 24.5 Å². The highest BCUT2D eigenvalue weighted by Gasteiger charge is 2.35. The fourth-order valence-corrected chi connectivity index (χ4v) is 2.99. The van der Waals surface area contributed by atoms with Gasteiger partial charge in [-0.15, -0.1) is 0 Å². The number of amides is 1. The second kappa shape index (κ2) is 6.75. The third kappa shape index (κ3) is 6.13. The van der Waals surface area contributed by atoms with Crippen LogP contribution in [0.5, 0.6) is 0 Å². The van der Waals surface area contributed by atoms with Crippen molar-refractivity contribution in [3.05, 3.63) is 0 Å². The molecule has 1 amide bonds. The first kappa shape index (κ1) is 17.5. The SMILES string of the molecule is CC(C)(C)OC(=O)NC(CNC1CCOC(C)(C)C1)C1CC1. The molecule has 1 heterocycles. The Morgan fingerprint density at radius 2 is 2.00 bits per heavy atom. The number of hydrogen-bond acceptors (Lipinski definition) is 4. The smallest absolute Gasteiger partial charge is 0.407 e. The normalized spacial score (nSPS) is 26.3. The van der Waals surface area contributed by atoms with Gasteiger partial charge < -0.3 is 20.1 Å². The van der Waals surface area contributed by atoms with E-state index < -0.39 is 5.60 Å². The van der Waals surface area contributed by atoms with Crippen LogP contribution in [0.1, 0.15) is 60.3 Å². The Morgan fingerprint density at radius 1 is 1.32 bits per heavy atom. The second-order valence-electron chi connectivity index (χ2n) is 8.30. The molecular weight excluding hydrogens is 280 g/mol. The van der Waals surface area contributed by atoms with Gasteiger partial charge in [0.05, 0.1) is 5.60 Å². The summed E-state index contributed by atoms with van der Waals surface area (Å²) in [5.74, 6) is 0.591. The minimum atomic E-state index is -0.448. The molecule has 0 radical (unpaired) electrons. The predicted molar refractivity (Wildman–Crippen MR) is 86.9 cm³/mol. The Morgan fingerprint density at radius 3 is 2.55 bits per heavy atom. The molecule has 0 bridgehead atoms. The number of rotatable bonds is 5. The Hall–Kier alpha value is -0.810. The van der Waals surface area contributed by atoms with Gasteiger partial charge >= 0.3 is 6.09 Å². The lowest BCUT2D eigenvalue weighted by atomic mass is 9.93. The summed E-state index contributed by atoms with van der Waals surface area (Å²) in [5.41, 5.74) is -0.500. The monoisotopic (exact) mass is 312 g/mol. The van der Waals surface area contributed by atoms with Gasteiger partial charge in [0.2, 0.25) is 0 Å². The van der Waals surface area contributed by atoms with Crippen molar-refractivity contribution in [3.63, 3.8) is 0 Å². The van der Waals surface area contributed by atoms with Gasteiger partial charge in [-0.3, -0.25) is 0 Å². The average Bonchev–Trinajstić information content (AvgIpc) is 3.15. The first-order chi connectivity index (χ1) is 10.1. The zero-order valence-corrected chi connectivity index (χ0v) is 14.7. The van der Waals surface area contributed by atoms with Crippen molar-refractivity contribution in [1.29, 1.82) is 0 Å². The Labute approximate surface area is 134 Å². The summed E-state index contributed by atoms with van der Waals surface area (Å²) < 4.78 is 11.1. The third-order valence-electron chi connectivity index (χ3n) is 4.22. The average molecular weight is 312 g/mol. The summed E-state index contributed by atoms with van der Waals surface area (Å²) in [5, 5.41) is 6.66. The van der Waals surface area contributed by atoms with Crippen LogP contribution in [0, 0.1) is 5.92 Å². The fraction of sp³-hybridized carbons (Fsp3) is 0.941. The van der Waals surface area contributed by atoms with E-state index in [0.717, 1.165) is 26.0 Å². The zero-order chi connectivity index (χ0) is 16.4. The molecule has 2 aliphatic rings. The van der Waals surface area contributed by atoms with Crippen LogP contribution in [-0.2, 0) is 9.47 Å². The van der Waals surface area contributed by atoms with Crippen LogP contribution in [-0.4, -0.2) is 42.5 Å². The van der Waals surface area contributed by atoms with Gasteiger partial charge in [-0.25, -0.2) is 4.79 Å². The van der Waals surface area contributed by atoms with Crippen molar-refractivity contribution < 1.29 is 14.3 Å². The van der Waals surface area contributed by atoms with Crippen molar-refractivity contribution in [3.8, 4) is 0 Å². The Kier molecular flexibility index (Phi) is 5.38. The topological polar surface area (TPSA) is 59.6 Å². The van der Waals surface area contributed by atoms with E-state index in [9.17, 15) is 4.79 Å². The van der Waals surface area contributed by atoms with Gasteiger partial charge in [0.25, 0.3) is 0 Å². The maximum absolute atomic E-state index is 12.0. The van der Waals surface area contributed by atoms with Crippen molar-refractivity contribution >= 4 is 6.09 Å². The minimum Gasteiger partial charge on any atom is -0.444 e. The highest BCUT2D eigenvalue weighted by Crippen LogP contribution is 2.33. The Balaban J connectivity index is 1.78. The molecular formula is C17H32N2O3. The standard InChI is InChI=1S/C17H32N2O3/c1-16(2,3)22-15(20)19-14(12-6-7-12)11-18-13-8-9-21-17(4,5)10-13/h12-14,18H,6-11H2,1-5H3,(H,19,20). The van der Waals surface area contributed by atoms with Gasteiger partial charge in [0.1, 0.15) is 5.60 Å². The first-order valence-electron chi connectivity index (χ1n) is 8.51. The molecule has 128 valence electrons. The molecule has 0 spiro atoms. The highest BCUT2D eigenvalue weighted by atomic mass is 16.6. The van der Waals surface area contributed by atoms with E-state index in [1.165, 1.54) is 12.8 Å². The van der Waals surface area contributed by atoms with Crippen LogP contribution in [0.3, 0.4) is 0 Å².